The molecule has 1 heterocycles. The van der Waals surface area contributed by atoms with Crippen molar-refractivity contribution in [3.63, 3.8) is 0 Å². The van der Waals surface area contributed by atoms with Gasteiger partial charge in [-0.25, -0.2) is 0 Å². The molecule has 0 radical (unpaired) electrons. The summed E-state index contributed by atoms with van der Waals surface area (Å²) in [5.41, 5.74) is 1.30. The molecule has 1 saturated heterocycles. The molecule has 1 aliphatic rings. The number of rotatable bonds is 4. The Morgan fingerprint density at radius 3 is 3.06 bits per heavy atom. The Kier molecular flexibility index (Phi) is 4.82. The van der Waals surface area contributed by atoms with E-state index in [2.05, 4.69) is 34.1 Å². The molecule has 1 aliphatic heterocycles. The second-order valence-corrected chi connectivity index (χ2v) is 4.96. The van der Waals surface area contributed by atoms with Gasteiger partial charge in [-0.1, -0.05) is 28.1 Å². The van der Waals surface area contributed by atoms with Gasteiger partial charge in [-0.2, -0.15) is 0 Å². The Hall–Kier alpha value is -0.380. The summed E-state index contributed by atoms with van der Waals surface area (Å²) in [7, 11) is 0. The van der Waals surface area contributed by atoms with Gasteiger partial charge in [0.2, 0.25) is 0 Å². The van der Waals surface area contributed by atoms with Crippen molar-refractivity contribution in [3.05, 3.63) is 34.3 Å². The van der Waals surface area contributed by atoms with E-state index in [1.807, 2.05) is 6.07 Å². The number of ether oxygens (including phenoxy) is 2. The van der Waals surface area contributed by atoms with Gasteiger partial charge in [-0.05, 0) is 43.4 Å². The van der Waals surface area contributed by atoms with E-state index < -0.39 is 0 Å². The molecule has 2 nitrogen and oxygen atoms in total. The maximum absolute atomic E-state index is 5.69. The van der Waals surface area contributed by atoms with Gasteiger partial charge >= 0.3 is 0 Å². The molecule has 0 aromatic heterocycles. The zero-order chi connectivity index (χ0) is 11.2. The van der Waals surface area contributed by atoms with Crippen LogP contribution in [-0.4, -0.2) is 19.5 Å². The van der Waals surface area contributed by atoms with Crippen LogP contribution in [0.15, 0.2) is 28.7 Å². The highest BCUT2D eigenvalue weighted by Gasteiger charge is 2.13. The maximum atomic E-state index is 5.69. The van der Waals surface area contributed by atoms with Gasteiger partial charge in [-0.15, -0.1) is 0 Å². The first-order valence-electron chi connectivity index (χ1n) is 5.82. The molecule has 1 fully saturated rings. The van der Waals surface area contributed by atoms with Crippen molar-refractivity contribution >= 4 is 15.9 Å². The van der Waals surface area contributed by atoms with Crippen molar-refractivity contribution in [2.45, 2.75) is 32.0 Å². The highest BCUT2D eigenvalue weighted by Crippen LogP contribution is 2.15. The molecule has 0 amide bonds. The Labute approximate surface area is 105 Å². The molecular formula is C13H17BrO2. The van der Waals surface area contributed by atoms with E-state index in [-0.39, 0.29) is 6.29 Å². The summed E-state index contributed by atoms with van der Waals surface area (Å²) in [4.78, 5) is 0. The first kappa shape index (κ1) is 12.1. The lowest BCUT2D eigenvalue weighted by Crippen LogP contribution is -2.23. The summed E-state index contributed by atoms with van der Waals surface area (Å²) in [6.45, 7) is 1.59. The molecule has 1 aromatic rings. The van der Waals surface area contributed by atoms with E-state index in [0.717, 1.165) is 30.5 Å². The highest BCUT2D eigenvalue weighted by molar-refractivity contribution is 9.10. The van der Waals surface area contributed by atoms with Crippen LogP contribution in [-0.2, 0) is 15.9 Å². The third-order valence-electron chi connectivity index (χ3n) is 2.72. The first-order valence-corrected chi connectivity index (χ1v) is 6.61. The highest BCUT2D eigenvalue weighted by atomic mass is 79.9. The minimum Gasteiger partial charge on any atom is -0.353 e. The largest absolute Gasteiger partial charge is 0.353 e. The van der Waals surface area contributed by atoms with Gasteiger partial charge in [-0.3, -0.25) is 0 Å². The molecule has 16 heavy (non-hydrogen) atoms. The van der Waals surface area contributed by atoms with Crippen LogP contribution in [0.2, 0.25) is 0 Å². The number of benzene rings is 1. The average Bonchev–Trinajstić information content (AvgIpc) is 2.30. The lowest BCUT2D eigenvalue weighted by molar-refractivity contribution is -0.161. The molecule has 0 aliphatic carbocycles. The normalized spacial score (nSPS) is 20.9. The average molecular weight is 285 g/mol. The summed E-state index contributed by atoms with van der Waals surface area (Å²) in [5.74, 6) is 0. The zero-order valence-corrected chi connectivity index (χ0v) is 10.9. The van der Waals surface area contributed by atoms with Gasteiger partial charge < -0.3 is 9.47 Å². The third kappa shape index (κ3) is 3.89. The molecule has 0 saturated carbocycles. The maximum Gasteiger partial charge on any atom is 0.157 e. The SMILES string of the molecule is Brc1cccc(CCOC2CCCCO2)c1. The Balaban J connectivity index is 1.71. The van der Waals surface area contributed by atoms with Crippen molar-refractivity contribution in [3.8, 4) is 0 Å². The Morgan fingerprint density at radius 1 is 1.38 bits per heavy atom. The fourth-order valence-electron chi connectivity index (χ4n) is 1.84. The van der Waals surface area contributed by atoms with Crippen molar-refractivity contribution in [1.82, 2.24) is 0 Å². The van der Waals surface area contributed by atoms with Gasteiger partial charge in [0.05, 0.1) is 6.61 Å². The number of hydrogen-bond acceptors (Lipinski definition) is 2. The summed E-state index contributed by atoms with van der Waals surface area (Å²) in [5, 5.41) is 0. The van der Waals surface area contributed by atoms with Crippen LogP contribution in [0.1, 0.15) is 24.8 Å². The van der Waals surface area contributed by atoms with E-state index in [0.29, 0.717) is 0 Å². The second kappa shape index (κ2) is 6.38. The minimum absolute atomic E-state index is 0.0286. The number of hydrogen-bond donors (Lipinski definition) is 0. The van der Waals surface area contributed by atoms with Crippen molar-refractivity contribution in [1.29, 1.82) is 0 Å². The molecule has 1 atom stereocenters. The zero-order valence-electron chi connectivity index (χ0n) is 9.32. The van der Waals surface area contributed by atoms with E-state index in [9.17, 15) is 0 Å². The molecule has 0 N–H and O–H groups in total. The molecule has 2 rings (SSSR count). The van der Waals surface area contributed by atoms with Gasteiger partial charge in [0.15, 0.2) is 6.29 Å². The van der Waals surface area contributed by atoms with E-state index in [1.165, 1.54) is 18.4 Å². The molecule has 1 aromatic carbocycles. The molecule has 0 bridgehead atoms. The van der Waals surface area contributed by atoms with Crippen molar-refractivity contribution in [2.24, 2.45) is 0 Å². The second-order valence-electron chi connectivity index (χ2n) is 4.05. The Bertz CT molecular complexity index is 321. The van der Waals surface area contributed by atoms with Gasteiger partial charge in [0.1, 0.15) is 0 Å². The van der Waals surface area contributed by atoms with Crippen LogP contribution in [0.5, 0.6) is 0 Å². The van der Waals surface area contributed by atoms with Crippen LogP contribution in [0.4, 0.5) is 0 Å². The van der Waals surface area contributed by atoms with Crippen LogP contribution in [0.3, 0.4) is 0 Å². The van der Waals surface area contributed by atoms with E-state index in [1.54, 1.807) is 0 Å². The molecule has 0 spiro atoms. The monoisotopic (exact) mass is 284 g/mol. The van der Waals surface area contributed by atoms with Crippen LogP contribution < -0.4 is 0 Å². The lowest BCUT2D eigenvalue weighted by Gasteiger charge is -2.22. The molecule has 3 heteroatoms. The third-order valence-corrected chi connectivity index (χ3v) is 3.21. The van der Waals surface area contributed by atoms with Crippen LogP contribution in [0, 0.1) is 0 Å². The van der Waals surface area contributed by atoms with Crippen molar-refractivity contribution < 1.29 is 9.47 Å². The number of halogens is 1. The molecular weight excluding hydrogens is 268 g/mol. The van der Waals surface area contributed by atoms with Gasteiger partial charge in [0, 0.05) is 11.1 Å². The van der Waals surface area contributed by atoms with Crippen molar-refractivity contribution in [2.75, 3.05) is 13.2 Å². The molecule has 88 valence electrons. The van der Waals surface area contributed by atoms with E-state index >= 15 is 0 Å². The first-order chi connectivity index (χ1) is 7.84. The predicted octanol–water partition coefficient (Wildman–Crippen LogP) is 3.53. The fraction of sp³-hybridized carbons (Fsp3) is 0.538. The summed E-state index contributed by atoms with van der Waals surface area (Å²) >= 11 is 3.47. The van der Waals surface area contributed by atoms with E-state index in [4.69, 9.17) is 9.47 Å². The molecule has 1 unspecified atom stereocenters. The summed E-state index contributed by atoms with van der Waals surface area (Å²) in [6, 6.07) is 8.34. The van der Waals surface area contributed by atoms with Crippen LogP contribution >= 0.6 is 15.9 Å². The summed E-state index contributed by atoms with van der Waals surface area (Å²) < 4.78 is 12.3. The lowest BCUT2D eigenvalue weighted by atomic mass is 10.2. The smallest absolute Gasteiger partial charge is 0.157 e. The summed E-state index contributed by atoms with van der Waals surface area (Å²) in [6.07, 6.45) is 4.41. The quantitative estimate of drug-likeness (QED) is 0.842. The Morgan fingerprint density at radius 2 is 2.31 bits per heavy atom. The van der Waals surface area contributed by atoms with Gasteiger partial charge in [0.25, 0.3) is 0 Å². The minimum atomic E-state index is 0.0286. The fourth-order valence-corrected chi connectivity index (χ4v) is 2.29. The topological polar surface area (TPSA) is 18.5 Å². The predicted molar refractivity (Wildman–Crippen MR) is 67.4 cm³/mol. The standard InChI is InChI=1S/C13H17BrO2/c14-12-5-3-4-11(10-12)7-9-16-13-6-1-2-8-15-13/h3-5,10,13H,1-2,6-9H2. The van der Waals surface area contributed by atoms with Crippen LogP contribution in [0.25, 0.3) is 0 Å².